The minimum absolute atomic E-state index is 0.326. The number of amides is 1. The summed E-state index contributed by atoms with van der Waals surface area (Å²) in [6.45, 7) is 7.03. The SMILES string of the molecule is COC(=O)c1cccc(Cn2cc3c(n2)CN(C(=O)OC(C)(C)C)C3)c1. The molecule has 2 aromatic rings. The summed E-state index contributed by atoms with van der Waals surface area (Å²) in [5.41, 5.74) is 2.85. The van der Waals surface area contributed by atoms with Crippen molar-refractivity contribution in [2.45, 2.75) is 46.0 Å². The van der Waals surface area contributed by atoms with E-state index < -0.39 is 5.60 Å². The van der Waals surface area contributed by atoms with Crippen molar-refractivity contribution in [3.63, 3.8) is 0 Å². The maximum atomic E-state index is 12.2. The van der Waals surface area contributed by atoms with Crippen LogP contribution in [0.1, 0.15) is 48.0 Å². The van der Waals surface area contributed by atoms with Crippen molar-refractivity contribution < 1.29 is 19.1 Å². The predicted octanol–water partition coefficient (Wildman–Crippen LogP) is 2.97. The van der Waals surface area contributed by atoms with Crippen molar-refractivity contribution in [2.24, 2.45) is 0 Å². The second-order valence-corrected chi connectivity index (χ2v) is 7.33. The molecule has 0 bridgehead atoms. The van der Waals surface area contributed by atoms with Gasteiger partial charge in [0.05, 0.1) is 38.0 Å². The first-order valence-electron chi connectivity index (χ1n) is 8.45. The average Bonchev–Trinajstić information content (AvgIpc) is 3.11. The van der Waals surface area contributed by atoms with Gasteiger partial charge in [-0.2, -0.15) is 5.10 Å². The highest BCUT2D eigenvalue weighted by Crippen LogP contribution is 2.24. The van der Waals surface area contributed by atoms with Gasteiger partial charge in [0.25, 0.3) is 0 Å². The Morgan fingerprint density at radius 2 is 2.00 bits per heavy atom. The molecule has 138 valence electrons. The molecule has 7 nitrogen and oxygen atoms in total. The molecule has 7 heteroatoms. The van der Waals surface area contributed by atoms with Crippen molar-refractivity contribution in [2.75, 3.05) is 7.11 Å². The van der Waals surface area contributed by atoms with E-state index in [4.69, 9.17) is 9.47 Å². The van der Waals surface area contributed by atoms with Gasteiger partial charge < -0.3 is 9.47 Å². The maximum Gasteiger partial charge on any atom is 0.410 e. The van der Waals surface area contributed by atoms with Crippen molar-refractivity contribution in [3.8, 4) is 0 Å². The number of hydrogen-bond donors (Lipinski definition) is 0. The van der Waals surface area contributed by atoms with Crippen LogP contribution >= 0.6 is 0 Å². The molecule has 0 saturated heterocycles. The summed E-state index contributed by atoms with van der Waals surface area (Å²) in [5, 5.41) is 4.56. The van der Waals surface area contributed by atoms with E-state index in [1.807, 2.05) is 43.8 Å². The van der Waals surface area contributed by atoms with Crippen LogP contribution in [0, 0.1) is 0 Å². The lowest BCUT2D eigenvalue weighted by Crippen LogP contribution is -2.33. The number of hydrogen-bond acceptors (Lipinski definition) is 5. The van der Waals surface area contributed by atoms with Crippen LogP contribution in [0.4, 0.5) is 4.79 Å². The molecule has 3 rings (SSSR count). The summed E-state index contributed by atoms with van der Waals surface area (Å²) in [6.07, 6.45) is 1.61. The van der Waals surface area contributed by atoms with E-state index in [9.17, 15) is 9.59 Å². The number of ether oxygens (including phenoxy) is 2. The van der Waals surface area contributed by atoms with Crippen molar-refractivity contribution in [3.05, 3.63) is 52.8 Å². The first-order chi connectivity index (χ1) is 12.2. The van der Waals surface area contributed by atoms with Gasteiger partial charge >= 0.3 is 12.1 Å². The Morgan fingerprint density at radius 1 is 1.23 bits per heavy atom. The predicted molar refractivity (Wildman–Crippen MR) is 94.6 cm³/mol. The summed E-state index contributed by atoms with van der Waals surface area (Å²) in [4.78, 5) is 25.4. The van der Waals surface area contributed by atoms with Gasteiger partial charge in [-0.25, -0.2) is 9.59 Å². The van der Waals surface area contributed by atoms with Gasteiger partial charge in [-0.3, -0.25) is 9.58 Å². The van der Waals surface area contributed by atoms with Gasteiger partial charge in [0, 0.05) is 11.8 Å². The number of carbonyl (C=O) groups excluding carboxylic acids is 2. The summed E-state index contributed by atoms with van der Waals surface area (Å²) in [6, 6.07) is 7.28. The zero-order valence-corrected chi connectivity index (χ0v) is 15.5. The molecule has 1 aliphatic heterocycles. The summed E-state index contributed by atoms with van der Waals surface area (Å²) in [7, 11) is 1.36. The van der Waals surface area contributed by atoms with Crippen LogP contribution in [0.5, 0.6) is 0 Å². The van der Waals surface area contributed by atoms with Gasteiger partial charge in [0.2, 0.25) is 0 Å². The molecule has 0 spiro atoms. The Morgan fingerprint density at radius 3 is 2.65 bits per heavy atom. The third-order valence-electron chi connectivity index (χ3n) is 3.97. The van der Waals surface area contributed by atoms with E-state index in [1.54, 1.807) is 17.0 Å². The molecule has 0 radical (unpaired) electrons. The zero-order chi connectivity index (χ0) is 18.9. The summed E-state index contributed by atoms with van der Waals surface area (Å²) >= 11 is 0. The first kappa shape index (κ1) is 18.0. The lowest BCUT2D eigenvalue weighted by molar-refractivity contribution is 0.0239. The molecule has 0 atom stereocenters. The van der Waals surface area contributed by atoms with Gasteiger partial charge in [0.15, 0.2) is 0 Å². The molecular formula is C19H23N3O4. The second-order valence-electron chi connectivity index (χ2n) is 7.33. The number of carbonyl (C=O) groups is 2. The van der Waals surface area contributed by atoms with E-state index in [0.717, 1.165) is 16.8 Å². The van der Waals surface area contributed by atoms with Crippen LogP contribution in [0.25, 0.3) is 0 Å². The fourth-order valence-corrected chi connectivity index (χ4v) is 2.85. The minimum Gasteiger partial charge on any atom is -0.465 e. The normalized spacial score (nSPS) is 13.5. The molecule has 1 aromatic carbocycles. The highest BCUT2D eigenvalue weighted by Gasteiger charge is 2.29. The lowest BCUT2D eigenvalue weighted by atomic mass is 10.1. The lowest BCUT2D eigenvalue weighted by Gasteiger charge is -2.24. The molecule has 26 heavy (non-hydrogen) atoms. The highest BCUT2D eigenvalue weighted by atomic mass is 16.6. The molecule has 0 fully saturated rings. The molecule has 1 amide bonds. The van der Waals surface area contributed by atoms with Crippen LogP contribution in [0.3, 0.4) is 0 Å². The summed E-state index contributed by atoms with van der Waals surface area (Å²) < 4.78 is 12.0. The van der Waals surface area contributed by atoms with Crippen molar-refractivity contribution >= 4 is 12.1 Å². The van der Waals surface area contributed by atoms with Gasteiger partial charge in [0.1, 0.15) is 5.60 Å². The van der Waals surface area contributed by atoms with E-state index in [2.05, 4.69) is 5.10 Å². The fourth-order valence-electron chi connectivity index (χ4n) is 2.85. The molecule has 1 aliphatic rings. The number of esters is 1. The van der Waals surface area contributed by atoms with E-state index in [-0.39, 0.29) is 12.1 Å². The van der Waals surface area contributed by atoms with Crippen LogP contribution in [-0.2, 0) is 29.1 Å². The standard InChI is InChI=1S/C19H23N3O4/c1-19(2,3)26-18(24)21-10-15-11-22(20-16(15)12-21)9-13-6-5-7-14(8-13)17(23)25-4/h5-8,11H,9-10,12H2,1-4H3. The largest absolute Gasteiger partial charge is 0.465 e. The van der Waals surface area contributed by atoms with Crippen LogP contribution in [-0.4, -0.2) is 39.5 Å². The average molecular weight is 357 g/mol. The second kappa shape index (κ2) is 6.82. The smallest absolute Gasteiger partial charge is 0.410 e. The molecule has 0 aliphatic carbocycles. The third kappa shape index (κ3) is 4.04. The monoisotopic (exact) mass is 357 g/mol. The Hall–Kier alpha value is -2.83. The number of rotatable bonds is 3. The van der Waals surface area contributed by atoms with Crippen molar-refractivity contribution in [1.82, 2.24) is 14.7 Å². The van der Waals surface area contributed by atoms with E-state index in [0.29, 0.717) is 25.2 Å². The van der Waals surface area contributed by atoms with Gasteiger partial charge in [-0.15, -0.1) is 0 Å². The molecule has 0 saturated carbocycles. The topological polar surface area (TPSA) is 73.7 Å². The molecule has 1 aromatic heterocycles. The van der Waals surface area contributed by atoms with E-state index in [1.165, 1.54) is 7.11 Å². The molecular weight excluding hydrogens is 334 g/mol. The van der Waals surface area contributed by atoms with Crippen LogP contribution < -0.4 is 0 Å². The van der Waals surface area contributed by atoms with Gasteiger partial charge in [-0.05, 0) is 38.5 Å². The Labute approximate surface area is 152 Å². The van der Waals surface area contributed by atoms with E-state index >= 15 is 0 Å². The highest BCUT2D eigenvalue weighted by molar-refractivity contribution is 5.89. The number of fused-ring (bicyclic) bond motifs is 1. The quantitative estimate of drug-likeness (QED) is 0.790. The minimum atomic E-state index is -0.512. The number of aromatic nitrogens is 2. The third-order valence-corrected chi connectivity index (χ3v) is 3.97. The Kier molecular flexibility index (Phi) is 4.71. The Bertz CT molecular complexity index is 812. The van der Waals surface area contributed by atoms with Crippen molar-refractivity contribution in [1.29, 1.82) is 0 Å². The van der Waals surface area contributed by atoms with Gasteiger partial charge in [-0.1, -0.05) is 12.1 Å². The molecule has 0 N–H and O–H groups in total. The summed E-state index contributed by atoms with van der Waals surface area (Å²) in [5.74, 6) is -0.359. The van der Waals surface area contributed by atoms with Crippen LogP contribution in [0.15, 0.2) is 30.5 Å². The molecule has 0 unspecified atom stereocenters. The molecule has 2 heterocycles. The first-order valence-corrected chi connectivity index (χ1v) is 8.45. The zero-order valence-electron chi connectivity index (χ0n) is 15.5. The maximum absolute atomic E-state index is 12.2. The van der Waals surface area contributed by atoms with Crippen LogP contribution in [0.2, 0.25) is 0 Å². The number of methoxy groups -OCH3 is 1. The number of benzene rings is 1. The fraction of sp³-hybridized carbons (Fsp3) is 0.421. The Balaban J connectivity index is 1.66. The number of nitrogens with zero attached hydrogens (tertiary/aromatic N) is 3.